The number of aryl methyl sites for hydroxylation is 2. The van der Waals surface area contributed by atoms with Crippen molar-refractivity contribution in [2.45, 2.75) is 19.3 Å². The Kier molecular flexibility index (Phi) is 5.92. The second kappa shape index (κ2) is 8.13. The van der Waals surface area contributed by atoms with Gasteiger partial charge in [-0.3, -0.25) is 0 Å². The lowest BCUT2D eigenvalue weighted by atomic mass is 10.0. The number of carbonyl (C=O) groups excluding carboxylic acids is 2. The summed E-state index contributed by atoms with van der Waals surface area (Å²) in [5.41, 5.74) is 3.50. The lowest BCUT2D eigenvalue weighted by Gasteiger charge is -2.05. The maximum atomic E-state index is 11.4. The highest BCUT2D eigenvalue weighted by Crippen LogP contribution is 2.12. The highest BCUT2D eigenvalue weighted by Gasteiger charge is 2.05. The van der Waals surface area contributed by atoms with Gasteiger partial charge in [0.1, 0.15) is 0 Å². The molecule has 0 N–H and O–H groups in total. The van der Waals surface area contributed by atoms with Gasteiger partial charge in [0.25, 0.3) is 0 Å². The first-order chi connectivity index (χ1) is 11.1. The van der Waals surface area contributed by atoms with Gasteiger partial charge in [-0.2, -0.15) is 0 Å². The van der Waals surface area contributed by atoms with Crippen LogP contribution in [0, 0.1) is 0 Å². The number of hydrogen-bond donors (Lipinski definition) is 0. The van der Waals surface area contributed by atoms with Gasteiger partial charge in [-0.15, -0.1) is 0 Å². The lowest BCUT2D eigenvalue weighted by Crippen LogP contribution is -2.01. The van der Waals surface area contributed by atoms with Crippen LogP contribution in [0.2, 0.25) is 0 Å². The summed E-state index contributed by atoms with van der Waals surface area (Å²) in [5, 5.41) is 0. The zero-order valence-electron chi connectivity index (χ0n) is 13.4. The monoisotopic (exact) mass is 312 g/mol. The minimum atomic E-state index is -0.317. The Labute approximate surface area is 136 Å². The molecule has 0 bridgehead atoms. The van der Waals surface area contributed by atoms with Gasteiger partial charge >= 0.3 is 11.9 Å². The van der Waals surface area contributed by atoms with Crippen molar-refractivity contribution in [3.8, 4) is 0 Å². The minimum Gasteiger partial charge on any atom is -0.465 e. The van der Waals surface area contributed by atoms with E-state index in [9.17, 15) is 9.59 Å². The third-order valence-corrected chi connectivity index (χ3v) is 3.68. The predicted molar refractivity (Wildman–Crippen MR) is 87.6 cm³/mol. The number of rotatable bonds is 6. The fourth-order valence-electron chi connectivity index (χ4n) is 2.35. The van der Waals surface area contributed by atoms with E-state index in [1.807, 2.05) is 24.3 Å². The molecular weight excluding hydrogens is 292 g/mol. The second-order valence-corrected chi connectivity index (χ2v) is 5.23. The summed E-state index contributed by atoms with van der Waals surface area (Å²) in [6.45, 7) is 0. The van der Waals surface area contributed by atoms with E-state index in [4.69, 9.17) is 0 Å². The van der Waals surface area contributed by atoms with Crippen molar-refractivity contribution < 1.29 is 19.1 Å². The fraction of sp³-hybridized carbons (Fsp3) is 0.263. The summed E-state index contributed by atoms with van der Waals surface area (Å²) in [4.78, 5) is 22.7. The van der Waals surface area contributed by atoms with Gasteiger partial charge in [-0.25, -0.2) is 9.59 Å². The molecule has 0 spiro atoms. The zero-order valence-corrected chi connectivity index (χ0v) is 13.4. The summed E-state index contributed by atoms with van der Waals surface area (Å²) in [6, 6.07) is 14.9. The number of esters is 2. The SMILES string of the molecule is COC(=O)c1ccc(CCCc2ccc(C(=O)OC)cc2)cc1. The summed E-state index contributed by atoms with van der Waals surface area (Å²) in [5.74, 6) is -0.635. The van der Waals surface area contributed by atoms with Crippen LogP contribution in [0.25, 0.3) is 0 Å². The molecular formula is C19H20O4. The number of benzene rings is 2. The van der Waals surface area contributed by atoms with Crippen molar-refractivity contribution in [3.63, 3.8) is 0 Å². The molecule has 0 aliphatic carbocycles. The molecule has 120 valence electrons. The highest BCUT2D eigenvalue weighted by atomic mass is 16.5. The molecule has 0 aliphatic heterocycles. The highest BCUT2D eigenvalue weighted by molar-refractivity contribution is 5.89. The van der Waals surface area contributed by atoms with E-state index in [-0.39, 0.29) is 11.9 Å². The van der Waals surface area contributed by atoms with Gasteiger partial charge in [-0.1, -0.05) is 24.3 Å². The number of methoxy groups -OCH3 is 2. The Morgan fingerprint density at radius 2 is 1.04 bits per heavy atom. The molecule has 4 nitrogen and oxygen atoms in total. The third-order valence-electron chi connectivity index (χ3n) is 3.68. The van der Waals surface area contributed by atoms with Crippen LogP contribution in [0.1, 0.15) is 38.3 Å². The van der Waals surface area contributed by atoms with Crippen LogP contribution in [-0.2, 0) is 22.3 Å². The van der Waals surface area contributed by atoms with Crippen LogP contribution >= 0.6 is 0 Å². The van der Waals surface area contributed by atoms with Crippen molar-refractivity contribution in [3.05, 3.63) is 70.8 Å². The van der Waals surface area contributed by atoms with Crippen LogP contribution in [0.3, 0.4) is 0 Å². The van der Waals surface area contributed by atoms with Gasteiger partial charge in [0.2, 0.25) is 0 Å². The number of hydrogen-bond acceptors (Lipinski definition) is 4. The van der Waals surface area contributed by atoms with E-state index in [0.29, 0.717) is 11.1 Å². The van der Waals surface area contributed by atoms with Crippen LogP contribution in [0.4, 0.5) is 0 Å². The Morgan fingerprint density at radius 3 is 1.35 bits per heavy atom. The van der Waals surface area contributed by atoms with Gasteiger partial charge in [0.05, 0.1) is 25.3 Å². The summed E-state index contributed by atoms with van der Waals surface area (Å²) in [7, 11) is 2.75. The first-order valence-corrected chi connectivity index (χ1v) is 7.48. The minimum absolute atomic E-state index is 0.317. The average Bonchev–Trinajstić information content (AvgIpc) is 2.61. The Morgan fingerprint density at radius 1 is 0.696 bits per heavy atom. The van der Waals surface area contributed by atoms with Gasteiger partial charge in [0, 0.05) is 0 Å². The van der Waals surface area contributed by atoms with Crippen LogP contribution in [-0.4, -0.2) is 26.2 Å². The normalized spacial score (nSPS) is 10.2. The first-order valence-electron chi connectivity index (χ1n) is 7.48. The fourth-order valence-corrected chi connectivity index (χ4v) is 2.35. The second-order valence-electron chi connectivity index (χ2n) is 5.23. The van der Waals surface area contributed by atoms with E-state index in [2.05, 4.69) is 9.47 Å². The van der Waals surface area contributed by atoms with Crippen molar-refractivity contribution in [2.75, 3.05) is 14.2 Å². The topological polar surface area (TPSA) is 52.6 Å². The largest absolute Gasteiger partial charge is 0.465 e. The Bertz CT molecular complexity index is 597. The van der Waals surface area contributed by atoms with Crippen molar-refractivity contribution in [1.82, 2.24) is 0 Å². The molecule has 2 rings (SSSR count). The molecule has 0 radical (unpaired) electrons. The molecule has 2 aromatic rings. The van der Waals surface area contributed by atoms with Gasteiger partial charge in [0.15, 0.2) is 0 Å². The molecule has 0 heterocycles. The van der Waals surface area contributed by atoms with Crippen LogP contribution < -0.4 is 0 Å². The molecule has 0 saturated heterocycles. The molecule has 0 unspecified atom stereocenters. The molecule has 0 aliphatic rings. The summed E-state index contributed by atoms with van der Waals surface area (Å²) < 4.78 is 9.36. The van der Waals surface area contributed by atoms with E-state index >= 15 is 0 Å². The summed E-state index contributed by atoms with van der Waals surface area (Å²) in [6.07, 6.45) is 2.86. The molecule has 0 saturated carbocycles. The quantitative estimate of drug-likeness (QED) is 0.767. The van der Waals surface area contributed by atoms with Gasteiger partial charge < -0.3 is 9.47 Å². The molecule has 0 aromatic heterocycles. The maximum absolute atomic E-state index is 11.4. The number of carbonyl (C=O) groups is 2. The van der Waals surface area contributed by atoms with Crippen LogP contribution in [0.5, 0.6) is 0 Å². The summed E-state index contributed by atoms with van der Waals surface area (Å²) >= 11 is 0. The van der Waals surface area contributed by atoms with E-state index in [0.717, 1.165) is 19.3 Å². The Hall–Kier alpha value is -2.62. The van der Waals surface area contributed by atoms with E-state index < -0.39 is 0 Å². The molecule has 0 fully saturated rings. The van der Waals surface area contributed by atoms with Crippen molar-refractivity contribution in [1.29, 1.82) is 0 Å². The molecule has 23 heavy (non-hydrogen) atoms. The smallest absolute Gasteiger partial charge is 0.337 e. The average molecular weight is 312 g/mol. The zero-order chi connectivity index (χ0) is 16.7. The Balaban J connectivity index is 1.85. The molecule has 4 heteroatoms. The van der Waals surface area contributed by atoms with Crippen molar-refractivity contribution in [2.24, 2.45) is 0 Å². The predicted octanol–water partition coefficient (Wildman–Crippen LogP) is 3.44. The van der Waals surface area contributed by atoms with E-state index in [1.165, 1.54) is 25.3 Å². The number of ether oxygens (including phenoxy) is 2. The van der Waals surface area contributed by atoms with E-state index in [1.54, 1.807) is 24.3 Å². The molecule has 0 atom stereocenters. The molecule has 2 aromatic carbocycles. The van der Waals surface area contributed by atoms with Crippen molar-refractivity contribution >= 4 is 11.9 Å². The third kappa shape index (κ3) is 4.68. The van der Waals surface area contributed by atoms with Gasteiger partial charge in [-0.05, 0) is 54.7 Å². The standard InChI is InChI=1S/C19H20O4/c1-22-18(20)16-10-6-14(7-11-16)4-3-5-15-8-12-17(13-9-15)19(21)23-2/h6-13H,3-5H2,1-2H3. The van der Waals surface area contributed by atoms with Crippen LogP contribution in [0.15, 0.2) is 48.5 Å². The first kappa shape index (κ1) is 16.7. The maximum Gasteiger partial charge on any atom is 0.337 e. The lowest BCUT2D eigenvalue weighted by molar-refractivity contribution is 0.0592. The molecule has 0 amide bonds.